The second kappa shape index (κ2) is 2.84. The van der Waals surface area contributed by atoms with Crippen LogP contribution in [-0.2, 0) is 0 Å². The molecule has 6 N–H and O–H groups in total. The van der Waals surface area contributed by atoms with Gasteiger partial charge in [0.15, 0.2) is 0 Å². The van der Waals surface area contributed by atoms with Gasteiger partial charge in [-0.25, -0.2) is 0 Å². The zero-order valence-corrected chi connectivity index (χ0v) is 5.77. The molecule has 0 radical (unpaired) electrons. The van der Waals surface area contributed by atoms with Gasteiger partial charge in [-0.1, -0.05) is 0 Å². The van der Waals surface area contributed by atoms with Crippen LogP contribution >= 0.6 is 0 Å². The second-order valence-corrected chi connectivity index (χ2v) is 2.88. The summed E-state index contributed by atoms with van der Waals surface area (Å²) in [6.07, 6.45) is -0.0892. The van der Waals surface area contributed by atoms with Gasteiger partial charge in [0.05, 0.1) is 18.2 Å². The summed E-state index contributed by atoms with van der Waals surface area (Å²) in [5.41, 5.74) is 10.9. The van der Waals surface area contributed by atoms with Crippen LogP contribution in [-0.4, -0.2) is 34.5 Å². The van der Waals surface area contributed by atoms with E-state index in [1.54, 1.807) is 0 Å². The van der Waals surface area contributed by atoms with Crippen LogP contribution in [0.25, 0.3) is 0 Å². The number of aliphatic hydroxyl groups is 2. The SMILES string of the molecule is N[C@@H]1[C@H](O)[C@H](N)CC[C@H]1O. The number of aliphatic hydroxyl groups excluding tert-OH is 2. The van der Waals surface area contributed by atoms with Crippen molar-refractivity contribution in [1.82, 2.24) is 0 Å². The van der Waals surface area contributed by atoms with Crippen LogP contribution in [0.5, 0.6) is 0 Å². The van der Waals surface area contributed by atoms with Crippen LogP contribution in [0.4, 0.5) is 0 Å². The molecule has 4 atom stereocenters. The highest BCUT2D eigenvalue weighted by Crippen LogP contribution is 2.16. The predicted octanol–water partition coefficient (Wildman–Crippen LogP) is -1.84. The molecule has 10 heavy (non-hydrogen) atoms. The molecule has 0 aromatic heterocycles. The molecule has 0 saturated heterocycles. The highest BCUT2D eigenvalue weighted by Gasteiger charge is 2.32. The Bertz CT molecular complexity index is 106. The lowest BCUT2D eigenvalue weighted by atomic mass is 9.87. The topological polar surface area (TPSA) is 92.5 Å². The third kappa shape index (κ3) is 1.29. The van der Waals surface area contributed by atoms with Crippen LogP contribution in [0, 0.1) is 0 Å². The molecule has 0 unspecified atom stereocenters. The summed E-state index contributed by atoms with van der Waals surface area (Å²) in [5.74, 6) is 0. The summed E-state index contributed by atoms with van der Waals surface area (Å²) in [5, 5.41) is 18.3. The van der Waals surface area contributed by atoms with Crippen molar-refractivity contribution in [3.63, 3.8) is 0 Å². The number of hydrogen-bond acceptors (Lipinski definition) is 4. The summed E-state index contributed by atoms with van der Waals surface area (Å²) >= 11 is 0. The monoisotopic (exact) mass is 146 g/mol. The van der Waals surface area contributed by atoms with Crippen molar-refractivity contribution in [2.24, 2.45) is 11.5 Å². The first-order valence-electron chi connectivity index (χ1n) is 3.50. The number of hydrogen-bond donors (Lipinski definition) is 4. The van der Waals surface area contributed by atoms with Crippen molar-refractivity contribution < 1.29 is 10.2 Å². The van der Waals surface area contributed by atoms with E-state index < -0.39 is 18.2 Å². The van der Waals surface area contributed by atoms with Crippen molar-refractivity contribution in [3.8, 4) is 0 Å². The minimum atomic E-state index is -0.747. The van der Waals surface area contributed by atoms with E-state index in [2.05, 4.69) is 0 Å². The van der Waals surface area contributed by atoms with E-state index >= 15 is 0 Å². The fourth-order valence-electron chi connectivity index (χ4n) is 1.24. The van der Waals surface area contributed by atoms with Crippen molar-refractivity contribution in [2.45, 2.75) is 37.1 Å². The lowest BCUT2D eigenvalue weighted by Crippen LogP contribution is -2.56. The fourth-order valence-corrected chi connectivity index (χ4v) is 1.24. The third-order valence-corrected chi connectivity index (χ3v) is 2.07. The van der Waals surface area contributed by atoms with Gasteiger partial charge >= 0.3 is 0 Å². The van der Waals surface area contributed by atoms with E-state index in [-0.39, 0.29) is 6.04 Å². The average molecular weight is 146 g/mol. The minimum Gasteiger partial charge on any atom is -0.391 e. The average Bonchev–Trinajstić information content (AvgIpc) is 1.93. The molecule has 4 heteroatoms. The highest BCUT2D eigenvalue weighted by molar-refractivity contribution is 4.91. The maximum Gasteiger partial charge on any atom is 0.0866 e. The Labute approximate surface area is 59.8 Å². The van der Waals surface area contributed by atoms with Gasteiger partial charge in [-0.15, -0.1) is 0 Å². The molecule has 0 bridgehead atoms. The van der Waals surface area contributed by atoms with Gasteiger partial charge in [0.2, 0.25) is 0 Å². The van der Waals surface area contributed by atoms with E-state index in [9.17, 15) is 5.11 Å². The summed E-state index contributed by atoms with van der Waals surface area (Å²) in [6.45, 7) is 0. The third-order valence-electron chi connectivity index (χ3n) is 2.07. The van der Waals surface area contributed by atoms with E-state index in [0.29, 0.717) is 12.8 Å². The van der Waals surface area contributed by atoms with Gasteiger partial charge < -0.3 is 21.7 Å². The fraction of sp³-hybridized carbons (Fsp3) is 1.00. The molecule has 0 aromatic carbocycles. The number of nitrogens with two attached hydrogens (primary N) is 2. The lowest BCUT2D eigenvalue weighted by Gasteiger charge is -2.33. The maximum absolute atomic E-state index is 9.21. The Kier molecular flexibility index (Phi) is 2.25. The Morgan fingerprint density at radius 1 is 1.10 bits per heavy atom. The Morgan fingerprint density at radius 2 is 1.70 bits per heavy atom. The first kappa shape index (κ1) is 7.94. The molecule has 0 aliphatic heterocycles. The van der Waals surface area contributed by atoms with Crippen molar-refractivity contribution >= 4 is 0 Å². The maximum atomic E-state index is 9.21. The Hall–Kier alpha value is -0.160. The van der Waals surface area contributed by atoms with Gasteiger partial charge in [0, 0.05) is 6.04 Å². The van der Waals surface area contributed by atoms with Crippen LogP contribution < -0.4 is 11.5 Å². The number of rotatable bonds is 0. The molecule has 0 spiro atoms. The smallest absolute Gasteiger partial charge is 0.0866 e. The van der Waals surface area contributed by atoms with Gasteiger partial charge in [0.25, 0.3) is 0 Å². The molecule has 1 fully saturated rings. The normalized spacial score (nSPS) is 49.2. The van der Waals surface area contributed by atoms with Crippen molar-refractivity contribution in [2.75, 3.05) is 0 Å². The van der Waals surface area contributed by atoms with Crippen LogP contribution in [0.15, 0.2) is 0 Å². The van der Waals surface area contributed by atoms with Crippen LogP contribution in [0.3, 0.4) is 0 Å². The molecule has 0 amide bonds. The van der Waals surface area contributed by atoms with E-state index in [1.165, 1.54) is 0 Å². The molecule has 1 saturated carbocycles. The van der Waals surface area contributed by atoms with Gasteiger partial charge in [-0.3, -0.25) is 0 Å². The van der Waals surface area contributed by atoms with Gasteiger partial charge in [-0.2, -0.15) is 0 Å². The van der Waals surface area contributed by atoms with E-state index in [0.717, 1.165) is 0 Å². The van der Waals surface area contributed by atoms with Gasteiger partial charge in [-0.05, 0) is 12.8 Å². The summed E-state index contributed by atoms with van der Waals surface area (Å²) in [4.78, 5) is 0. The Morgan fingerprint density at radius 3 is 2.20 bits per heavy atom. The summed E-state index contributed by atoms with van der Waals surface area (Å²) < 4.78 is 0. The zero-order valence-electron chi connectivity index (χ0n) is 5.77. The molecule has 1 rings (SSSR count). The molecule has 0 aromatic rings. The van der Waals surface area contributed by atoms with Crippen LogP contribution in [0.2, 0.25) is 0 Å². The molecule has 1 aliphatic rings. The van der Waals surface area contributed by atoms with Crippen LogP contribution in [0.1, 0.15) is 12.8 Å². The molecule has 1 aliphatic carbocycles. The molecule has 0 heterocycles. The van der Waals surface area contributed by atoms with Crippen molar-refractivity contribution in [3.05, 3.63) is 0 Å². The largest absolute Gasteiger partial charge is 0.391 e. The van der Waals surface area contributed by atoms with E-state index in [4.69, 9.17) is 16.6 Å². The molecular formula is C6H14N2O2. The first-order chi connectivity index (χ1) is 4.63. The molecule has 4 nitrogen and oxygen atoms in total. The minimum absolute atomic E-state index is 0.265. The van der Waals surface area contributed by atoms with E-state index in [1.807, 2.05) is 0 Å². The lowest BCUT2D eigenvalue weighted by molar-refractivity contribution is 0.00530. The standard InChI is InChI=1S/C6H14N2O2/c7-3-1-2-4(9)5(8)6(3)10/h3-6,9-10H,1-2,7-8H2/t3-,4-,5+,6-/m1/s1. The molecular weight excluding hydrogens is 132 g/mol. The second-order valence-electron chi connectivity index (χ2n) is 2.88. The Balaban J connectivity index is 2.52. The van der Waals surface area contributed by atoms with Crippen molar-refractivity contribution in [1.29, 1.82) is 0 Å². The summed E-state index contributed by atoms with van der Waals surface area (Å²) in [7, 11) is 0. The van der Waals surface area contributed by atoms with Gasteiger partial charge in [0.1, 0.15) is 0 Å². The predicted molar refractivity (Wildman–Crippen MR) is 37.2 cm³/mol. The zero-order chi connectivity index (χ0) is 7.72. The molecule has 60 valence electrons. The quantitative estimate of drug-likeness (QED) is 0.323. The highest BCUT2D eigenvalue weighted by atomic mass is 16.3. The first-order valence-corrected chi connectivity index (χ1v) is 3.50. The summed E-state index contributed by atoms with van der Waals surface area (Å²) in [6, 6.07) is -0.831.